The highest BCUT2D eigenvalue weighted by Gasteiger charge is 2.60. The number of rotatable bonds is 5. The van der Waals surface area contributed by atoms with Gasteiger partial charge in [-0.15, -0.1) is 0 Å². The average molecular weight is 306 g/mol. The number of hydrogen-bond donors (Lipinski definition) is 0. The van der Waals surface area contributed by atoms with Gasteiger partial charge >= 0.3 is 11.9 Å². The molecule has 1 saturated carbocycles. The first kappa shape index (κ1) is 16.9. The molecule has 0 N–H and O–H groups in total. The Labute approximate surface area is 119 Å². The van der Waals surface area contributed by atoms with Crippen LogP contribution in [0.1, 0.15) is 33.6 Å². The first-order chi connectivity index (χ1) is 9.20. The third kappa shape index (κ3) is 2.82. The summed E-state index contributed by atoms with van der Waals surface area (Å²) < 4.78 is 32.5. The van der Waals surface area contributed by atoms with Crippen molar-refractivity contribution < 1.29 is 27.5 Å². The summed E-state index contributed by atoms with van der Waals surface area (Å²) in [4.78, 5) is 24.0. The molecule has 0 aromatic rings. The maximum absolute atomic E-state index is 12.2. The van der Waals surface area contributed by atoms with E-state index in [1.807, 2.05) is 0 Å². The molecular weight excluding hydrogens is 284 g/mol. The zero-order valence-corrected chi connectivity index (χ0v) is 13.2. The zero-order chi connectivity index (χ0) is 15.6. The van der Waals surface area contributed by atoms with Crippen LogP contribution in [0.5, 0.6) is 0 Å². The molecular formula is C13H22O6S. The van der Waals surface area contributed by atoms with Gasteiger partial charge in [-0.3, -0.25) is 9.59 Å². The number of ether oxygens (including phenoxy) is 2. The van der Waals surface area contributed by atoms with E-state index in [4.69, 9.17) is 9.47 Å². The first-order valence-electron chi connectivity index (χ1n) is 6.74. The van der Waals surface area contributed by atoms with Gasteiger partial charge < -0.3 is 9.47 Å². The minimum Gasteiger partial charge on any atom is -0.466 e. The summed E-state index contributed by atoms with van der Waals surface area (Å²) >= 11 is 0. The highest BCUT2D eigenvalue weighted by Crippen LogP contribution is 2.46. The second kappa shape index (κ2) is 6.11. The van der Waals surface area contributed by atoms with Crippen molar-refractivity contribution in [2.45, 2.75) is 38.4 Å². The van der Waals surface area contributed by atoms with Crippen LogP contribution in [0.3, 0.4) is 0 Å². The van der Waals surface area contributed by atoms with Crippen LogP contribution >= 0.6 is 0 Å². The van der Waals surface area contributed by atoms with E-state index in [1.165, 1.54) is 0 Å². The minimum absolute atomic E-state index is 0.0648. The van der Waals surface area contributed by atoms with Crippen molar-refractivity contribution in [3.8, 4) is 0 Å². The highest BCUT2D eigenvalue weighted by molar-refractivity contribution is 7.92. The monoisotopic (exact) mass is 306 g/mol. The molecule has 1 aliphatic rings. The van der Waals surface area contributed by atoms with Crippen molar-refractivity contribution in [3.05, 3.63) is 0 Å². The van der Waals surface area contributed by atoms with Gasteiger partial charge in [0.2, 0.25) is 0 Å². The van der Waals surface area contributed by atoms with Crippen LogP contribution in [0.2, 0.25) is 0 Å². The Kier molecular flexibility index (Phi) is 5.18. The Hall–Kier alpha value is -1.11. The van der Waals surface area contributed by atoms with Crippen molar-refractivity contribution in [3.63, 3.8) is 0 Å². The molecule has 0 aliphatic heterocycles. The number of carbonyl (C=O) groups is 2. The summed E-state index contributed by atoms with van der Waals surface area (Å²) in [6.07, 6.45) is 1.27. The molecule has 0 saturated heterocycles. The third-order valence-corrected chi connectivity index (χ3v) is 5.95. The van der Waals surface area contributed by atoms with Gasteiger partial charge in [0, 0.05) is 6.26 Å². The van der Waals surface area contributed by atoms with Crippen molar-refractivity contribution in [2.24, 2.45) is 11.8 Å². The van der Waals surface area contributed by atoms with Gasteiger partial charge in [0.15, 0.2) is 14.6 Å². The Morgan fingerprint density at radius 2 is 1.75 bits per heavy atom. The molecule has 6 nitrogen and oxygen atoms in total. The van der Waals surface area contributed by atoms with Crippen LogP contribution in [-0.4, -0.2) is 44.6 Å². The Morgan fingerprint density at radius 3 is 2.20 bits per heavy atom. The minimum atomic E-state index is -3.70. The van der Waals surface area contributed by atoms with Gasteiger partial charge in [0.1, 0.15) is 0 Å². The van der Waals surface area contributed by atoms with Crippen LogP contribution in [-0.2, 0) is 28.9 Å². The largest absolute Gasteiger partial charge is 0.466 e. The summed E-state index contributed by atoms with van der Waals surface area (Å²) in [6, 6.07) is 0. The van der Waals surface area contributed by atoms with E-state index < -0.39 is 38.4 Å². The molecule has 1 rings (SSSR count). The molecule has 7 heteroatoms. The van der Waals surface area contributed by atoms with E-state index in [0.717, 1.165) is 6.26 Å². The lowest BCUT2D eigenvalue weighted by Gasteiger charge is -2.29. The van der Waals surface area contributed by atoms with Crippen LogP contribution in [0.4, 0.5) is 0 Å². The molecule has 0 spiro atoms. The second-order valence-electron chi connectivity index (χ2n) is 5.17. The molecule has 0 heterocycles. The Bertz CT molecular complexity index is 483. The maximum Gasteiger partial charge on any atom is 0.327 e. The quantitative estimate of drug-likeness (QED) is 0.703. The van der Waals surface area contributed by atoms with Crippen molar-refractivity contribution in [2.75, 3.05) is 19.5 Å². The van der Waals surface area contributed by atoms with E-state index in [2.05, 4.69) is 0 Å². The number of hydrogen-bond acceptors (Lipinski definition) is 6. The van der Waals surface area contributed by atoms with Gasteiger partial charge in [-0.25, -0.2) is 8.42 Å². The van der Waals surface area contributed by atoms with E-state index in [9.17, 15) is 18.0 Å². The predicted molar refractivity (Wildman–Crippen MR) is 72.7 cm³/mol. The molecule has 0 radical (unpaired) electrons. The summed E-state index contributed by atoms with van der Waals surface area (Å²) in [7, 11) is -3.70. The second-order valence-corrected chi connectivity index (χ2v) is 7.44. The third-order valence-electron chi connectivity index (χ3n) is 3.89. The highest BCUT2D eigenvalue weighted by atomic mass is 32.2. The lowest BCUT2D eigenvalue weighted by Crippen LogP contribution is -2.49. The number of sulfone groups is 1. The Balaban J connectivity index is 3.14. The number of carbonyl (C=O) groups excluding carboxylic acids is 2. The zero-order valence-electron chi connectivity index (χ0n) is 12.3. The van der Waals surface area contributed by atoms with Crippen molar-refractivity contribution in [1.82, 2.24) is 0 Å². The molecule has 20 heavy (non-hydrogen) atoms. The molecule has 116 valence electrons. The molecule has 0 aromatic heterocycles. The molecule has 0 unspecified atom stereocenters. The van der Waals surface area contributed by atoms with Gasteiger partial charge in [-0.1, -0.05) is 6.92 Å². The maximum atomic E-state index is 12.2. The normalized spacial score (nSPS) is 30.0. The van der Waals surface area contributed by atoms with Crippen LogP contribution < -0.4 is 0 Å². The first-order valence-corrected chi connectivity index (χ1v) is 8.63. The lowest BCUT2D eigenvalue weighted by atomic mass is 9.97. The van der Waals surface area contributed by atoms with Crippen LogP contribution in [0, 0.1) is 11.8 Å². The van der Waals surface area contributed by atoms with Crippen LogP contribution in [0.25, 0.3) is 0 Å². The fraction of sp³-hybridized carbons (Fsp3) is 0.846. The number of esters is 2. The average Bonchev–Trinajstić information content (AvgIpc) is 2.68. The Morgan fingerprint density at radius 1 is 1.20 bits per heavy atom. The fourth-order valence-electron chi connectivity index (χ4n) is 2.91. The predicted octanol–water partition coefficient (Wildman–Crippen LogP) is 0.942. The summed E-state index contributed by atoms with van der Waals surface area (Å²) in [5, 5.41) is 0. The van der Waals surface area contributed by atoms with E-state index in [-0.39, 0.29) is 19.6 Å². The van der Waals surface area contributed by atoms with Gasteiger partial charge in [-0.05, 0) is 32.6 Å². The smallest absolute Gasteiger partial charge is 0.327 e. The fourth-order valence-corrected chi connectivity index (χ4v) is 4.61. The molecule has 1 aliphatic carbocycles. The standard InChI is InChI=1S/C13H22O6S/c1-5-18-11(14)10-7-9(3)13(8-10,20(4,16)17)12(15)19-6-2/h9-10H,5-8H2,1-4H3/t9-,10-,13+/m1/s1. The summed E-state index contributed by atoms with van der Waals surface area (Å²) in [5.74, 6) is -2.27. The molecule has 0 aromatic carbocycles. The van der Waals surface area contributed by atoms with E-state index in [1.54, 1.807) is 20.8 Å². The lowest BCUT2D eigenvalue weighted by molar-refractivity contribution is -0.148. The van der Waals surface area contributed by atoms with Crippen LogP contribution in [0.15, 0.2) is 0 Å². The summed E-state index contributed by atoms with van der Waals surface area (Å²) in [5.41, 5.74) is 0. The van der Waals surface area contributed by atoms with E-state index in [0.29, 0.717) is 6.42 Å². The molecule has 0 amide bonds. The van der Waals surface area contributed by atoms with Crippen molar-refractivity contribution >= 4 is 21.8 Å². The molecule has 1 fully saturated rings. The van der Waals surface area contributed by atoms with Gasteiger partial charge in [-0.2, -0.15) is 0 Å². The summed E-state index contributed by atoms with van der Waals surface area (Å²) in [6.45, 7) is 5.31. The van der Waals surface area contributed by atoms with Gasteiger partial charge in [0.05, 0.1) is 19.1 Å². The molecule has 0 bridgehead atoms. The molecule has 3 atom stereocenters. The van der Waals surface area contributed by atoms with Gasteiger partial charge in [0.25, 0.3) is 0 Å². The van der Waals surface area contributed by atoms with E-state index >= 15 is 0 Å². The topological polar surface area (TPSA) is 86.7 Å². The SMILES string of the molecule is CCOC(=O)[C@@H]1C[C@@H](C)[C@@](C(=O)OCC)(S(C)(=O)=O)C1. The van der Waals surface area contributed by atoms with Crippen molar-refractivity contribution in [1.29, 1.82) is 0 Å².